The number of ether oxygens (including phenoxy) is 5. The Morgan fingerprint density at radius 1 is 0.833 bits per heavy atom. The summed E-state index contributed by atoms with van der Waals surface area (Å²) in [5.74, 6) is 0.599. The molecule has 0 saturated carbocycles. The normalized spacial score (nSPS) is 10.8. The van der Waals surface area contributed by atoms with Crippen LogP contribution in [-0.2, 0) is 17.9 Å². The number of nitrogens with zero attached hydrogens (tertiary/aromatic N) is 4. The minimum absolute atomic E-state index is 0.0129. The van der Waals surface area contributed by atoms with Crippen LogP contribution in [0.2, 0.25) is 0 Å². The van der Waals surface area contributed by atoms with E-state index in [1.807, 2.05) is 18.2 Å². The molecule has 0 aliphatic heterocycles. The first-order valence-corrected chi connectivity index (χ1v) is 12.9. The van der Waals surface area contributed by atoms with E-state index < -0.39 is 11.5 Å². The van der Waals surface area contributed by atoms with Gasteiger partial charge in [0, 0.05) is 29.4 Å². The minimum Gasteiger partial charge on any atom is -0.493 e. The Kier molecular flexibility index (Phi) is 8.28. The van der Waals surface area contributed by atoms with Crippen LogP contribution in [0.25, 0.3) is 22.0 Å². The first-order chi connectivity index (χ1) is 20.5. The van der Waals surface area contributed by atoms with E-state index in [0.717, 1.165) is 0 Å². The first kappa shape index (κ1) is 28.1. The van der Waals surface area contributed by atoms with Crippen LogP contribution in [0.15, 0.2) is 77.9 Å². The molecule has 0 spiro atoms. The number of pyridine rings is 4. The van der Waals surface area contributed by atoms with Crippen LogP contribution in [0.3, 0.4) is 0 Å². The summed E-state index contributed by atoms with van der Waals surface area (Å²) in [7, 11) is 5.75. The van der Waals surface area contributed by atoms with Crippen LogP contribution in [0.1, 0.15) is 21.9 Å². The Hall–Kier alpha value is -5.45. The maximum Gasteiger partial charge on any atom is 0.355 e. The monoisotopic (exact) mass is 568 g/mol. The Balaban J connectivity index is 1.80. The molecule has 0 unspecified atom stereocenters. The molecule has 0 aliphatic rings. The van der Waals surface area contributed by atoms with Gasteiger partial charge in [0.25, 0.3) is 5.56 Å². The highest BCUT2D eigenvalue weighted by molar-refractivity contribution is 6.06. The lowest BCUT2D eigenvalue weighted by Crippen LogP contribution is -2.29. The molecule has 42 heavy (non-hydrogen) atoms. The van der Waals surface area contributed by atoms with Gasteiger partial charge in [-0.15, -0.1) is 0 Å². The lowest BCUT2D eigenvalue weighted by Gasteiger charge is -2.20. The van der Waals surface area contributed by atoms with Gasteiger partial charge < -0.3 is 23.7 Å². The molecule has 0 bridgehead atoms. The van der Waals surface area contributed by atoms with Gasteiger partial charge in [-0.2, -0.15) is 0 Å². The minimum atomic E-state index is -0.718. The number of methoxy groups -OCH3 is 4. The number of rotatable bonds is 10. The molecule has 11 nitrogen and oxygen atoms in total. The topological polar surface area (TPSA) is 124 Å². The summed E-state index contributed by atoms with van der Waals surface area (Å²) in [5, 5.41) is 0.400. The quantitative estimate of drug-likeness (QED) is 0.225. The van der Waals surface area contributed by atoms with Crippen LogP contribution in [0, 0.1) is 0 Å². The van der Waals surface area contributed by atoms with Crippen molar-refractivity contribution in [3.8, 4) is 34.3 Å². The van der Waals surface area contributed by atoms with Crippen molar-refractivity contribution in [1.29, 1.82) is 0 Å². The Bertz CT molecular complexity index is 1770. The zero-order valence-corrected chi connectivity index (χ0v) is 23.5. The van der Waals surface area contributed by atoms with Crippen molar-refractivity contribution in [2.75, 3.05) is 28.4 Å². The second-order valence-corrected chi connectivity index (χ2v) is 9.00. The summed E-state index contributed by atoms with van der Waals surface area (Å²) >= 11 is 0. The summed E-state index contributed by atoms with van der Waals surface area (Å²) in [6.45, 7) is 0.139. The van der Waals surface area contributed by atoms with E-state index in [-0.39, 0.29) is 30.2 Å². The van der Waals surface area contributed by atoms with Gasteiger partial charge in [-0.05, 0) is 48.0 Å². The molecule has 0 saturated heterocycles. The maximum absolute atomic E-state index is 14.1. The molecule has 11 heteroatoms. The van der Waals surface area contributed by atoms with Crippen LogP contribution in [0.5, 0.6) is 23.1 Å². The third-order valence-electron chi connectivity index (χ3n) is 6.57. The fraction of sp³-hybridized carbons (Fsp3) is 0.194. The third kappa shape index (κ3) is 5.44. The number of aromatic nitrogens is 4. The fourth-order valence-corrected chi connectivity index (χ4v) is 4.64. The van der Waals surface area contributed by atoms with E-state index in [1.54, 1.807) is 54.9 Å². The first-order valence-electron chi connectivity index (χ1n) is 12.9. The molecular formula is C31H28N4O7. The number of carbonyl (C=O) groups excluding carboxylic acids is 1. The Labute approximate surface area is 241 Å². The zero-order chi connectivity index (χ0) is 29.6. The molecule has 4 heterocycles. The smallest absolute Gasteiger partial charge is 0.355 e. The van der Waals surface area contributed by atoms with Crippen LogP contribution < -0.4 is 24.5 Å². The van der Waals surface area contributed by atoms with E-state index >= 15 is 0 Å². The summed E-state index contributed by atoms with van der Waals surface area (Å²) in [5.41, 5.74) is 1.73. The van der Waals surface area contributed by atoms with Crippen LogP contribution >= 0.6 is 0 Å². The predicted octanol–water partition coefficient (Wildman–Crippen LogP) is 4.29. The van der Waals surface area contributed by atoms with E-state index in [0.29, 0.717) is 45.1 Å². The zero-order valence-electron chi connectivity index (χ0n) is 23.5. The Morgan fingerprint density at radius 2 is 1.50 bits per heavy atom. The van der Waals surface area contributed by atoms with Crippen molar-refractivity contribution in [3.05, 3.63) is 100 Å². The van der Waals surface area contributed by atoms with Crippen molar-refractivity contribution in [2.24, 2.45) is 0 Å². The highest BCUT2D eigenvalue weighted by Crippen LogP contribution is 2.43. The van der Waals surface area contributed by atoms with Gasteiger partial charge >= 0.3 is 5.97 Å². The van der Waals surface area contributed by atoms with Gasteiger partial charge in [-0.25, -0.2) is 9.78 Å². The highest BCUT2D eigenvalue weighted by Gasteiger charge is 2.27. The van der Waals surface area contributed by atoms with Gasteiger partial charge in [0.15, 0.2) is 11.5 Å². The van der Waals surface area contributed by atoms with E-state index in [2.05, 4.69) is 15.0 Å². The number of hydrogen-bond acceptors (Lipinski definition) is 10. The molecule has 0 amide bonds. The van der Waals surface area contributed by atoms with Gasteiger partial charge in [-0.3, -0.25) is 19.3 Å². The fourth-order valence-electron chi connectivity index (χ4n) is 4.64. The molecular weight excluding hydrogens is 540 g/mol. The molecule has 0 aliphatic carbocycles. The summed E-state index contributed by atoms with van der Waals surface area (Å²) in [4.78, 5) is 40.7. The van der Waals surface area contributed by atoms with Crippen molar-refractivity contribution >= 4 is 16.9 Å². The molecule has 214 valence electrons. The van der Waals surface area contributed by atoms with Gasteiger partial charge in [0.05, 0.1) is 46.4 Å². The van der Waals surface area contributed by atoms with Crippen molar-refractivity contribution in [3.63, 3.8) is 0 Å². The largest absolute Gasteiger partial charge is 0.493 e. The number of carbonyl (C=O) groups is 1. The average molecular weight is 569 g/mol. The predicted molar refractivity (Wildman–Crippen MR) is 154 cm³/mol. The second kappa shape index (κ2) is 12.4. The summed E-state index contributed by atoms with van der Waals surface area (Å²) in [6, 6.07) is 17.5. The van der Waals surface area contributed by atoms with Gasteiger partial charge in [-0.1, -0.05) is 12.1 Å². The van der Waals surface area contributed by atoms with E-state index in [1.165, 1.54) is 33.0 Å². The second-order valence-electron chi connectivity index (χ2n) is 9.00. The van der Waals surface area contributed by atoms with Gasteiger partial charge in [0.1, 0.15) is 17.8 Å². The van der Waals surface area contributed by atoms with Crippen LogP contribution in [0.4, 0.5) is 0 Å². The molecule has 5 aromatic rings. The molecule has 0 radical (unpaired) electrons. The highest BCUT2D eigenvalue weighted by atomic mass is 16.5. The Morgan fingerprint density at radius 3 is 2.07 bits per heavy atom. The molecule has 1 aromatic carbocycles. The standard InChI is InChI=1S/C31H28N4O7/c1-38-23-15-19(16-24(39-2)29(23)40-3)26-22-11-12-25(42-18-21-10-6-8-14-33-21)34-27(22)30(36)35(28(26)31(37)41-4)17-20-9-5-7-13-32-20/h5-16H,17-18H2,1-4H3. The lowest BCUT2D eigenvalue weighted by molar-refractivity contribution is 0.0588. The van der Waals surface area contributed by atoms with E-state index in [4.69, 9.17) is 23.7 Å². The molecule has 4 aromatic heterocycles. The number of fused-ring (bicyclic) bond motifs is 1. The molecule has 5 rings (SSSR count). The average Bonchev–Trinajstić information content (AvgIpc) is 3.04. The molecule has 0 N–H and O–H groups in total. The van der Waals surface area contributed by atoms with Crippen LogP contribution in [-0.4, -0.2) is 53.9 Å². The number of benzene rings is 1. The van der Waals surface area contributed by atoms with Gasteiger partial charge in [0.2, 0.25) is 11.6 Å². The number of hydrogen-bond donors (Lipinski definition) is 0. The molecule has 0 fully saturated rings. The third-order valence-corrected chi connectivity index (χ3v) is 6.57. The maximum atomic E-state index is 14.1. The van der Waals surface area contributed by atoms with Crippen molar-refractivity contribution < 1.29 is 28.5 Å². The summed E-state index contributed by atoms with van der Waals surface area (Å²) < 4.78 is 29.0. The summed E-state index contributed by atoms with van der Waals surface area (Å²) in [6.07, 6.45) is 3.28. The lowest BCUT2D eigenvalue weighted by atomic mass is 9.97. The SMILES string of the molecule is COC(=O)c1c(-c2cc(OC)c(OC)c(OC)c2)c2ccc(OCc3ccccn3)nc2c(=O)n1Cc1ccccn1. The van der Waals surface area contributed by atoms with Crippen molar-refractivity contribution in [2.45, 2.75) is 13.2 Å². The van der Waals surface area contributed by atoms with E-state index in [9.17, 15) is 9.59 Å². The van der Waals surface area contributed by atoms with Crippen molar-refractivity contribution in [1.82, 2.24) is 19.5 Å². The molecule has 0 atom stereocenters. The number of esters is 1.